The molecule has 0 bridgehead atoms. The number of nitrogens with one attached hydrogen (secondary N) is 2. The normalized spacial score (nSPS) is 11.6. The molecule has 0 aliphatic carbocycles. The molecule has 0 atom stereocenters. The summed E-state index contributed by atoms with van der Waals surface area (Å²) < 4.78 is 14.2. The third-order valence-electron chi connectivity index (χ3n) is 4.88. The Labute approximate surface area is 159 Å². The lowest BCUT2D eigenvalue weighted by molar-refractivity contribution is 0.356. The third-order valence-corrected chi connectivity index (χ3v) is 4.88. The number of hydrogen-bond donors (Lipinski definition) is 2. The molecule has 0 fully saturated rings. The topological polar surface area (TPSA) is 107 Å². The van der Waals surface area contributed by atoms with Crippen LogP contribution in [-0.4, -0.2) is 38.5 Å². The molecule has 0 saturated heterocycles. The van der Waals surface area contributed by atoms with Crippen LogP contribution in [-0.2, 0) is 7.05 Å². The zero-order chi connectivity index (χ0) is 20.2. The molecule has 0 unspecified atom stereocenters. The zero-order valence-corrected chi connectivity index (χ0v) is 16.3. The second-order valence-electron chi connectivity index (χ2n) is 6.82. The number of para-hydroxylation sites is 1. The van der Waals surface area contributed by atoms with E-state index in [-0.39, 0.29) is 17.3 Å². The summed E-state index contributed by atoms with van der Waals surface area (Å²) in [5.41, 5.74) is 1.99. The van der Waals surface area contributed by atoms with Crippen LogP contribution < -0.4 is 20.7 Å². The first-order valence-electron chi connectivity index (χ1n) is 8.83. The standard InChI is InChI=1S/C19H21N5O4/c1-9(2)24-17-13(18(25)22-24)12(14-16(20-17)21-19(26)23(14)3)10-7-6-8-11(27-4)15(10)28-5/h6-9H,1-5H3,(H,22,25)(H,20,21,26). The fraction of sp³-hybridized carbons (Fsp3) is 0.316. The highest BCUT2D eigenvalue weighted by Gasteiger charge is 2.25. The van der Waals surface area contributed by atoms with Crippen LogP contribution in [0.1, 0.15) is 19.9 Å². The number of nitrogens with zero attached hydrogens (tertiary/aromatic N) is 3. The monoisotopic (exact) mass is 383 g/mol. The second-order valence-corrected chi connectivity index (χ2v) is 6.82. The van der Waals surface area contributed by atoms with Gasteiger partial charge in [0.05, 0.1) is 25.1 Å². The van der Waals surface area contributed by atoms with Gasteiger partial charge in [-0.3, -0.25) is 24.1 Å². The van der Waals surface area contributed by atoms with Crippen molar-refractivity contribution in [1.82, 2.24) is 24.3 Å². The number of methoxy groups -OCH3 is 2. The van der Waals surface area contributed by atoms with Crippen molar-refractivity contribution in [2.24, 2.45) is 7.05 Å². The number of fused-ring (bicyclic) bond motifs is 2. The van der Waals surface area contributed by atoms with Crippen molar-refractivity contribution >= 4 is 22.2 Å². The maximum atomic E-state index is 12.9. The van der Waals surface area contributed by atoms with Crippen LogP contribution in [0.4, 0.5) is 0 Å². The zero-order valence-electron chi connectivity index (χ0n) is 16.3. The van der Waals surface area contributed by atoms with Crippen LogP contribution in [0.5, 0.6) is 11.5 Å². The second kappa shape index (κ2) is 6.29. The minimum absolute atomic E-state index is 0.0226. The van der Waals surface area contributed by atoms with Crippen molar-refractivity contribution in [2.45, 2.75) is 19.9 Å². The van der Waals surface area contributed by atoms with Crippen molar-refractivity contribution in [2.75, 3.05) is 14.2 Å². The van der Waals surface area contributed by atoms with Gasteiger partial charge < -0.3 is 9.47 Å². The van der Waals surface area contributed by atoms with E-state index in [4.69, 9.17) is 9.47 Å². The fourth-order valence-corrected chi connectivity index (χ4v) is 3.59. The predicted molar refractivity (Wildman–Crippen MR) is 106 cm³/mol. The lowest BCUT2D eigenvalue weighted by Gasteiger charge is -2.15. The third kappa shape index (κ3) is 2.35. The number of rotatable bonds is 4. The molecule has 1 aromatic carbocycles. The van der Waals surface area contributed by atoms with Gasteiger partial charge in [-0.15, -0.1) is 0 Å². The maximum absolute atomic E-state index is 12.9. The Hall–Kier alpha value is -3.49. The number of imidazole rings is 1. The quantitative estimate of drug-likeness (QED) is 0.562. The largest absolute Gasteiger partial charge is 0.493 e. The smallest absolute Gasteiger partial charge is 0.327 e. The van der Waals surface area contributed by atoms with Crippen molar-refractivity contribution < 1.29 is 9.47 Å². The molecule has 28 heavy (non-hydrogen) atoms. The van der Waals surface area contributed by atoms with E-state index in [0.717, 1.165) is 0 Å². The van der Waals surface area contributed by atoms with Gasteiger partial charge in [-0.05, 0) is 19.9 Å². The number of pyridine rings is 1. The highest BCUT2D eigenvalue weighted by molar-refractivity contribution is 6.07. The van der Waals surface area contributed by atoms with Gasteiger partial charge in [0.15, 0.2) is 22.8 Å². The maximum Gasteiger partial charge on any atom is 0.327 e. The summed E-state index contributed by atoms with van der Waals surface area (Å²) in [4.78, 5) is 32.6. The molecule has 0 aliphatic rings. The summed E-state index contributed by atoms with van der Waals surface area (Å²) in [6.07, 6.45) is 0. The molecule has 9 heteroatoms. The Morgan fingerprint density at radius 2 is 1.89 bits per heavy atom. The summed E-state index contributed by atoms with van der Waals surface area (Å²) in [6.45, 7) is 3.89. The highest BCUT2D eigenvalue weighted by atomic mass is 16.5. The molecule has 0 saturated carbocycles. The molecule has 3 aromatic heterocycles. The lowest BCUT2D eigenvalue weighted by atomic mass is 10.0. The Kier molecular flexibility index (Phi) is 4.02. The van der Waals surface area contributed by atoms with Gasteiger partial charge in [-0.25, -0.2) is 9.78 Å². The van der Waals surface area contributed by atoms with Crippen LogP contribution in [0.15, 0.2) is 27.8 Å². The van der Waals surface area contributed by atoms with E-state index in [2.05, 4.69) is 15.1 Å². The first kappa shape index (κ1) is 17.9. The predicted octanol–water partition coefficient (Wildman–Crippen LogP) is 2.17. The highest BCUT2D eigenvalue weighted by Crippen LogP contribution is 2.42. The molecular formula is C19H21N5O4. The molecule has 146 valence electrons. The van der Waals surface area contributed by atoms with Gasteiger partial charge in [-0.1, -0.05) is 12.1 Å². The first-order chi connectivity index (χ1) is 13.4. The molecular weight excluding hydrogens is 362 g/mol. The molecule has 0 aliphatic heterocycles. The molecule has 0 radical (unpaired) electrons. The summed E-state index contributed by atoms with van der Waals surface area (Å²) >= 11 is 0. The average molecular weight is 383 g/mol. The van der Waals surface area contributed by atoms with Gasteiger partial charge >= 0.3 is 5.69 Å². The van der Waals surface area contributed by atoms with Crippen molar-refractivity contribution in [3.63, 3.8) is 0 Å². The Morgan fingerprint density at radius 3 is 2.54 bits per heavy atom. The molecule has 0 spiro atoms. The van der Waals surface area contributed by atoms with E-state index < -0.39 is 0 Å². The van der Waals surface area contributed by atoms with E-state index >= 15 is 0 Å². The van der Waals surface area contributed by atoms with Crippen LogP contribution in [0.25, 0.3) is 33.3 Å². The first-order valence-corrected chi connectivity index (χ1v) is 8.83. The molecule has 2 N–H and O–H groups in total. The number of aromatic nitrogens is 5. The van der Waals surface area contributed by atoms with Crippen molar-refractivity contribution in [3.05, 3.63) is 39.0 Å². The summed E-state index contributed by atoms with van der Waals surface area (Å²) in [5, 5.41) is 3.24. The van der Waals surface area contributed by atoms with E-state index in [0.29, 0.717) is 44.8 Å². The summed E-state index contributed by atoms with van der Waals surface area (Å²) in [6, 6.07) is 5.40. The molecule has 3 heterocycles. The van der Waals surface area contributed by atoms with Crippen LogP contribution in [0.3, 0.4) is 0 Å². The Morgan fingerprint density at radius 1 is 1.14 bits per heavy atom. The SMILES string of the molecule is COc1cccc(-c2c3c(=O)[nH]n(C(C)C)c3nc3[nH]c(=O)n(C)c23)c1OC. The number of aryl methyl sites for hydroxylation is 1. The number of aromatic amines is 2. The Bertz CT molecular complexity index is 1320. The van der Waals surface area contributed by atoms with Gasteiger partial charge in [0.1, 0.15) is 0 Å². The summed E-state index contributed by atoms with van der Waals surface area (Å²) in [7, 11) is 4.72. The van der Waals surface area contributed by atoms with Gasteiger partial charge in [0.2, 0.25) is 0 Å². The number of H-pyrrole nitrogens is 2. The van der Waals surface area contributed by atoms with E-state index in [1.807, 2.05) is 26.0 Å². The van der Waals surface area contributed by atoms with E-state index in [1.165, 1.54) is 11.7 Å². The van der Waals surface area contributed by atoms with E-state index in [1.54, 1.807) is 24.9 Å². The van der Waals surface area contributed by atoms with Crippen LogP contribution in [0, 0.1) is 0 Å². The van der Waals surface area contributed by atoms with Crippen LogP contribution >= 0.6 is 0 Å². The van der Waals surface area contributed by atoms with E-state index in [9.17, 15) is 9.59 Å². The number of benzene rings is 1. The Balaban J connectivity index is 2.30. The van der Waals surface area contributed by atoms with Crippen LogP contribution in [0.2, 0.25) is 0 Å². The van der Waals surface area contributed by atoms with Gasteiger partial charge in [-0.2, -0.15) is 0 Å². The van der Waals surface area contributed by atoms with Crippen molar-refractivity contribution in [3.8, 4) is 22.6 Å². The average Bonchev–Trinajstić information content (AvgIpc) is 3.16. The fourth-order valence-electron chi connectivity index (χ4n) is 3.59. The molecule has 9 nitrogen and oxygen atoms in total. The minimum Gasteiger partial charge on any atom is -0.493 e. The van der Waals surface area contributed by atoms with Gasteiger partial charge in [0.25, 0.3) is 5.56 Å². The summed E-state index contributed by atoms with van der Waals surface area (Å²) in [5.74, 6) is 1.00. The molecule has 4 rings (SSSR count). The number of ether oxygens (including phenoxy) is 2. The lowest BCUT2D eigenvalue weighted by Crippen LogP contribution is -2.12. The van der Waals surface area contributed by atoms with Crippen molar-refractivity contribution in [1.29, 1.82) is 0 Å². The minimum atomic E-state index is -0.314. The molecule has 0 amide bonds. The number of hydrogen-bond acceptors (Lipinski definition) is 5. The molecule has 4 aromatic rings. The van der Waals surface area contributed by atoms with Gasteiger partial charge in [0, 0.05) is 24.2 Å².